The van der Waals surface area contributed by atoms with E-state index in [1.807, 2.05) is 23.1 Å². The van der Waals surface area contributed by atoms with Crippen molar-refractivity contribution in [3.8, 4) is 0 Å². The minimum atomic E-state index is -4.49. The summed E-state index contributed by atoms with van der Waals surface area (Å²) in [5, 5.41) is 6.56. The normalized spacial score (nSPS) is 15.1. The number of aromatic amines is 1. The van der Waals surface area contributed by atoms with Gasteiger partial charge in [0.1, 0.15) is 0 Å². The Morgan fingerprint density at radius 1 is 0.976 bits per heavy atom. The van der Waals surface area contributed by atoms with Gasteiger partial charge in [0.25, 0.3) is 5.56 Å². The molecule has 220 valence electrons. The first-order valence-corrected chi connectivity index (χ1v) is 13.9. The molecule has 2 amide bonds. The van der Waals surface area contributed by atoms with Gasteiger partial charge in [-0.25, -0.2) is 4.79 Å². The maximum Gasteiger partial charge on any atom is 0.416 e. The summed E-state index contributed by atoms with van der Waals surface area (Å²) in [6, 6.07) is 20.1. The zero-order chi connectivity index (χ0) is 29.9. The number of H-pyrrole nitrogens is 1. The fourth-order valence-electron chi connectivity index (χ4n) is 5.78. The van der Waals surface area contributed by atoms with Crippen LogP contribution in [0.1, 0.15) is 29.5 Å². The Morgan fingerprint density at radius 3 is 2.40 bits per heavy atom. The Hall–Kier alpha value is -4.31. The molecule has 0 radical (unpaired) electrons. The standard InChI is InChI=1S/C32H34F3N5O2/c1-39(2)31(20-22-7-4-3-5-8-22)14-17-40(18-15-31)28-19-24(32(33,34)35)12-11-23(28)21-37-30(42)38-27-10-6-9-26-25(27)13-16-36-29(26)41/h3-13,16,19H,14-15,17-18,20-21H2,1-2H3,(H,36,41)(H2,37,38,42). The van der Waals surface area contributed by atoms with E-state index < -0.39 is 17.8 Å². The lowest BCUT2D eigenvalue weighted by Gasteiger charge is -2.47. The number of carbonyl (C=O) groups is 1. The second-order valence-electron chi connectivity index (χ2n) is 11.0. The zero-order valence-electron chi connectivity index (χ0n) is 23.6. The highest BCUT2D eigenvalue weighted by Gasteiger charge is 2.38. The second kappa shape index (κ2) is 11.9. The first kappa shape index (κ1) is 29.2. The Kier molecular flexibility index (Phi) is 8.27. The van der Waals surface area contributed by atoms with E-state index in [2.05, 4.69) is 46.7 Å². The van der Waals surface area contributed by atoms with Gasteiger partial charge in [-0.3, -0.25) is 4.79 Å². The van der Waals surface area contributed by atoms with Crippen LogP contribution in [0.25, 0.3) is 10.8 Å². The number of anilines is 2. The number of likely N-dealkylation sites (N-methyl/N-ethyl adjacent to an activating group) is 1. The molecule has 1 aromatic heterocycles. The number of fused-ring (bicyclic) bond motifs is 1. The van der Waals surface area contributed by atoms with Crippen molar-refractivity contribution >= 4 is 28.2 Å². The van der Waals surface area contributed by atoms with Crippen LogP contribution in [0.4, 0.5) is 29.3 Å². The lowest BCUT2D eigenvalue weighted by Crippen LogP contribution is -2.54. The number of piperidine rings is 1. The largest absolute Gasteiger partial charge is 0.416 e. The second-order valence-corrected chi connectivity index (χ2v) is 11.0. The van der Waals surface area contributed by atoms with Crippen molar-refractivity contribution in [2.75, 3.05) is 37.4 Å². The highest BCUT2D eigenvalue weighted by Crippen LogP contribution is 2.37. The molecule has 42 heavy (non-hydrogen) atoms. The summed E-state index contributed by atoms with van der Waals surface area (Å²) >= 11 is 0. The van der Waals surface area contributed by atoms with Gasteiger partial charge < -0.3 is 25.4 Å². The third-order valence-electron chi connectivity index (χ3n) is 8.27. The number of rotatable bonds is 7. The van der Waals surface area contributed by atoms with E-state index in [0.29, 0.717) is 40.8 Å². The number of urea groups is 1. The molecule has 1 aliphatic heterocycles. The number of nitrogens with one attached hydrogen (secondary N) is 3. The molecule has 0 spiro atoms. The quantitative estimate of drug-likeness (QED) is 0.251. The average molecular weight is 578 g/mol. The van der Waals surface area contributed by atoms with E-state index in [9.17, 15) is 22.8 Å². The van der Waals surface area contributed by atoms with E-state index in [1.54, 1.807) is 24.3 Å². The fraction of sp³-hybridized carbons (Fsp3) is 0.312. The van der Waals surface area contributed by atoms with Gasteiger partial charge >= 0.3 is 12.2 Å². The number of benzene rings is 3. The van der Waals surface area contributed by atoms with Gasteiger partial charge in [0.2, 0.25) is 0 Å². The number of hydrogen-bond acceptors (Lipinski definition) is 4. The molecule has 7 nitrogen and oxygen atoms in total. The molecule has 2 heterocycles. The minimum Gasteiger partial charge on any atom is -0.371 e. The van der Waals surface area contributed by atoms with Crippen molar-refractivity contribution in [3.05, 3.63) is 106 Å². The summed E-state index contributed by atoms with van der Waals surface area (Å²) in [6.45, 7) is 1.19. The van der Waals surface area contributed by atoms with Crippen LogP contribution in [0.5, 0.6) is 0 Å². The third kappa shape index (κ3) is 6.28. The summed E-state index contributed by atoms with van der Waals surface area (Å²) in [6.07, 6.45) is -0.574. The van der Waals surface area contributed by atoms with Gasteiger partial charge in [-0.2, -0.15) is 13.2 Å². The monoisotopic (exact) mass is 577 g/mol. The minimum absolute atomic E-state index is 0.0317. The molecule has 5 rings (SSSR count). The van der Waals surface area contributed by atoms with Crippen molar-refractivity contribution in [2.24, 2.45) is 0 Å². The molecule has 1 saturated heterocycles. The zero-order valence-corrected chi connectivity index (χ0v) is 23.6. The molecular weight excluding hydrogens is 543 g/mol. The van der Waals surface area contributed by atoms with Gasteiger partial charge in [0.15, 0.2) is 0 Å². The van der Waals surface area contributed by atoms with Crippen molar-refractivity contribution in [1.82, 2.24) is 15.2 Å². The molecule has 0 unspecified atom stereocenters. The van der Waals surface area contributed by atoms with E-state index in [-0.39, 0.29) is 17.6 Å². The summed E-state index contributed by atoms with van der Waals surface area (Å²) < 4.78 is 41.2. The summed E-state index contributed by atoms with van der Waals surface area (Å²) in [7, 11) is 4.12. The number of nitrogens with zero attached hydrogens (tertiary/aromatic N) is 2. The SMILES string of the molecule is CN(C)C1(Cc2ccccc2)CCN(c2cc(C(F)(F)F)ccc2CNC(=O)Nc2cccc3c(=O)[nH]ccc23)CC1. The number of aromatic nitrogens is 1. The first-order valence-electron chi connectivity index (χ1n) is 13.9. The number of amides is 2. The van der Waals surface area contributed by atoms with Gasteiger partial charge in [-0.15, -0.1) is 0 Å². The molecule has 1 aliphatic rings. The average Bonchev–Trinajstić information content (AvgIpc) is 2.97. The van der Waals surface area contributed by atoms with Gasteiger partial charge in [-0.05, 0) is 74.8 Å². The van der Waals surface area contributed by atoms with Crippen LogP contribution >= 0.6 is 0 Å². The van der Waals surface area contributed by atoms with Gasteiger partial charge in [0.05, 0.1) is 11.3 Å². The van der Waals surface area contributed by atoms with Crippen LogP contribution in [-0.4, -0.2) is 48.6 Å². The van der Waals surface area contributed by atoms with Crippen LogP contribution < -0.4 is 21.1 Å². The van der Waals surface area contributed by atoms with Crippen LogP contribution in [0.2, 0.25) is 0 Å². The van der Waals surface area contributed by atoms with Crippen molar-refractivity contribution < 1.29 is 18.0 Å². The van der Waals surface area contributed by atoms with Crippen molar-refractivity contribution in [3.63, 3.8) is 0 Å². The Labute approximate surface area is 242 Å². The van der Waals surface area contributed by atoms with E-state index >= 15 is 0 Å². The first-order chi connectivity index (χ1) is 20.1. The lowest BCUT2D eigenvalue weighted by atomic mass is 9.80. The topological polar surface area (TPSA) is 80.5 Å². The van der Waals surface area contributed by atoms with Gasteiger partial charge in [-0.1, -0.05) is 42.5 Å². The summed E-state index contributed by atoms with van der Waals surface area (Å²) in [4.78, 5) is 31.8. The Balaban J connectivity index is 1.34. The highest BCUT2D eigenvalue weighted by atomic mass is 19.4. The smallest absolute Gasteiger partial charge is 0.371 e. The number of pyridine rings is 1. The van der Waals surface area contributed by atoms with E-state index in [4.69, 9.17) is 0 Å². The number of alkyl halides is 3. The van der Waals surface area contributed by atoms with E-state index in [0.717, 1.165) is 25.3 Å². The molecule has 0 bridgehead atoms. The number of hydrogen-bond donors (Lipinski definition) is 3. The van der Waals surface area contributed by atoms with Crippen LogP contribution in [0.3, 0.4) is 0 Å². The molecule has 0 saturated carbocycles. The van der Waals surface area contributed by atoms with E-state index in [1.165, 1.54) is 23.9 Å². The van der Waals surface area contributed by atoms with Gasteiger partial charge in [0, 0.05) is 47.8 Å². The number of halogens is 3. The summed E-state index contributed by atoms with van der Waals surface area (Å²) in [5.74, 6) is 0. The Morgan fingerprint density at radius 2 is 1.71 bits per heavy atom. The number of carbonyl (C=O) groups excluding carboxylic acids is 1. The van der Waals surface area contributed by atoms with Crippen molar-refractivity contribution in [2.45, 2.75) is 37.5 Å². The molecule has 3 aromatic carbocycles. The highest BCUT2D eigenvalue weighted by molar-refractivity contribution is 6.01. The fourth-order valence-corrected chi connectivity index (χ4v) is 5.78. The molecular formula is C32H34F3N5O2. The Bertz CT molecular complexity index is 1610. The molecule has 0 aliphatic carbocycles. The van der Waals surface area contributed by atoms with Crippen LogP contribution in [-0.2, 0) is 19.1 Å². The summed E-state index contributed by atoms with van der Waals surface area (Å²) in [5.41, 5.74) is 1.64. The third-order valence-corrected chi connectivity index (χ3v) is 8.27. The molecule has 1 fully saturated rings. The maximum atomic E-state index is 13.7. The predicted octanol–water partition coefficient (Wildman–Crippen LogP) is 6.01. The van der Waals surface area contributed by atoms with Crippen LogP contribution in [0, 0.1) is 0 Å². The molecule has 4 aromatic rings. The predicted molar refractivity (Wildman–Crippen MR) is 160 cm³/mol. The molecule has 3 N–H and O–H groups in total. The molecule has 10 heteroatoms. The molecule has 0 atom stereocenters. The lowest BCUT2D eigenvalue weighted by molar-refractivity contribution is -0.137. The van der Waals surface area contributed by atoms with Crippen molar-refractivity contribution in [1.29, 1.82) is 0 Å². The maximum absolute atomic E-state index is 13.7. The van der Waals surface area contributed by atoms with Crippen LogP contribution in [0.15, 0.2) is 83.8 Å².